The van der Waals surface area contributed by atoms with Crippen molar-refractivity contribution in [3.8, 4) is 0 Å². The molecule has 3 rings (SSSR count). The van der Waals surface area contributed by atoms with Gasteiger partial charge in [0, 0.05) is 26.3 Å². The van der Waals surface area contributed by atoms with Crippen LogP contribution in [0.5, 0.6) is 0 Å². The van der Waals surface area contributed by atoms with Crippen LogP contribution >= 0.6 is 0 Å². The SMILES string of the molecule is CCCCO[C@H]1[C@H](N=[N+]=[N-])[C@@H](O)[C@@H](O[C@@H]2[C@@H](O)[C@H](O[C@H]3O[C@H](CN=[N+]=[N-])[C@@H](O)[C@H](O)[C@H]3O)[C@@H](N=[N+]=[N-])C[C@H]2N=[N+]=[N-])O[C@@H]1CO. The summed E-state index contributed by atoms with van der Waals surface area (Å²) in [4.78, 5) is 10.8. The quantitative estimate of drug-likeness (QED) is 0.0629. The van der Waals surface area contributed by atoms with Crippen LogP contribution in [-0.2, 0) is 23.7 Å². The third kappa shape index (κ3) is 8.54. The molecule has 2 saturated heterocycles. The lowest BCUT2D eigenvalue weighted by Crippen LogP contribution is -2.65. The lowest BCUT2D eigenvalue weighted by atomic mass is 9.84. The second-order valence-corrected chi connectivity index (χ2v) is 10.5. The number of hydrogen-bond donors (Lipinski definition) is 6. The standard InChI is InChI=1S/C22H36N12O11/c1-2-3-4-41-20-11(7-35)43-21(14(37)12(20)30-34-26)44-18-8(28-32-24)5-9(29-33-25)19(17(18)40)45-22-16(39)15(38)13(36)10(42-22)6-27-31-23/h8-22,35-40H,2-7H2,1H3/t8-,9+,10-,11-,12-,13-,14-,15+,16-,17-,18+,19-,20-,21-,22-/m1/s1. The van der Waals surface area contributed by atoms with Crippen molar-refractivity contribution in [2.75, 3.05) is 19.8 Å². The lowest BCUT2D eigenvalue weighted by Gasteiger charge is -2.48. The molecule has 3 aliphatic rings. The molecule has 2 heterocycles. The van der Waals surface area contributed by atoms with Crippen molar-refractivity contribution in [2.45, 2.75) is 118 Å². The van der Waals surface area contributed by atoms with Gasteiger partial charge in [-0.1, -0.05) is 33.8 Å². The number of aliphatic hydroxyl groups is 6. The summed E-state index contributed by atoms with van der Waals surface area (Å²) in [5.74, 6) is 0. The van der Waals surface area contributed by atoms with E-state index in [1.54, 1.807) is 0 Å². The predicted molar refractivity (Wildman–Crippen MR) is 146 cm³/mol. The van der Waals surface area contributed by atoms with Gasteiger partial charge in [0.1, 0.15) is 36.6 Å². The summed E-state index contributed by atoms with van der Waals surface area (Å²) in [6.07, 6.45) is -18.0. The van der Waals surface area contributed by atoms with E-state index >= 15 is 0 Å². The van der Waals surface area contributed by atoms with Gasteiger partial charge in [0.05, 0.1) is 55.7 Å². The van der Waals surface area contributed by atoms with E-state index in [-0.39, 0.29) is 13.0 Å². The molecule has 2 aliphatic heterocycles. The monoisotopic (exact) mass is 644 g/mol. The maximum Gasteiger partial charge on any atom is 0.186 e. The van der Waals surface area contributed by atoms with Crippen molar-refractivity contribution in [3.05, 3.63) is 41.8 Å². The molecule has 0 aromatic rings. The summed E-state index contributed by atoms with van der Waals surface area (Å²) in [5, 5.41) is 77.8. The van der Waals surface area contributed by atoms with E-state index in [2.05, 4.69) is 40.1 Å². The Labute approximate surface area is 254 Å². The van der Waals surface area contributed by atoms with Gasteiger partial charge < -0.3 is 54.3 Å². The summed E-state index contributed by atoms with van der Waals surface area (Å²) in [6, 6.07) is -3.84. The molecule has 0 radical (unpaired) electrons. The van der Waals surface area contributed by atoms with Crippen LogP contribution in [0.4, 0.5) is 0 Å². The number of hydrogen-bond acceptors (Lipinski definition) is 15. The zero-order valence-electron chi connectivity index (χ0n) is 24.0. The molecular weight excluding hydrogens is 608 g/mol. The fraction of sp³-hybridized carbons (Fsp3) is 1.00. The Balaban J connectivity index is 1.90. The Hall–Kier alpha value is -3.20. The topological polar surface area (TPSA) is 363 Å². The second kappa shape index (κ2) is 17.5. The van der Waals surface area contributed by atoms with Crippen LogP contribution in [0.1, 0.15) is 26.2 Å². The first-order valence-electron chi connectivity index (χ1n) is 14.0. The smallest absolute Gasteiger partial charge is 0.186 e. The van der Waals surface area contributed by atoms with Crippen molar-refractivity contribution in [1.82, 2.24) is 0 Å². The third-order valence-electron chi connectivity index (χ3n) is 7.70. The molecule has 0 unspecified atom stereocenters. The maximum absolute atomic E-state index is 11.4. The Morgan fingerprint density at radius 1 is 0.711 bits per heavy atom. The normalized spacial score (nSPS) is 41.4. The van der Waals surface area contributed by atoms with E-state index in [0.29, 0.717) is 6.42 Å². The van der Waals surface area contributed by atoms with Crippen molar-refractivity contribution >= 4 is 0 Å². The van der Waals surface area contributed by atoms with Crippen molar-refractivity contribution < 1.29 is 54.3 Å². The van der Waals surface area contributed by atoms with Crippen LogP contribution in [0.15, 0.2) is 20.5 Å². The molecule has 6 N–H and O–H groups in total. The van der Waals surface area contributed by atoms with Gasteiger partial charge in [-0.25, -0.2) is 0 Å². The summed E-state index contributed by atoms with van der Waals surface area (Å²) in [6.45, 7) is 1.03. The minimum atomic E-state index is -1.89. The number of rotatable bonds is 14. The summed E-state index contributed by atoms with van der Waals surface area (Å²) in [7, 11) is 0. The highest BCUT2D eigenvalue weighted by atomic mass is 16.7. The fourth-order valence-corrected chi connectivity index (χ4v) is 5.39. The molecule has 0 spiro atoms. The molecule has 250 valence electrons. The van der Waals surface area contributed by atoms with Gasteiger partial charge in [-0.2, -0.15) is 0 Å². The van der Waals surface area contributed by atoms with Crippen LogP contribution in [0.25, 0.3) is 41.8 Å². The highest BCUT2D eigenvalue weighted by Crippen LogP contribution is 2.36. The Morgan fingerprint density at radius 3 is 1.82 bits per heavy atom. The van der Waals surface area contributed by atoms with E-state index in [1.165, 1.54) is 0 Å². The molecular formula is C22H36N12O11. The molecule has 23 heteroatoms. The Bertz CT molecular complexity index is 1160. The van der Waals surface area contributed by atoms with Crippen LogP contribution < -0.4 is 0 Å². The molecule has 1 saturated carbocycles. The van der Waals surface area contributed by atoms with Gasteiger partial charge in [-0.3, -0.25) is 0 Å². The van der Waals surface area contributed by atoms with Gasteiger partial charge in [0.15, 0.2) is 12.6 Å². The number of azide groups is 4. The first-order chi connectivity index (χ1) is 21.7. The third-order valence-corrected chi connectivity index (χ3v) is 7.70. The van der Waals surface area contributed by atoms with Crippen molar-refractivity contribution in [2.24, 2.45) is 20.5 Å². The van der Waals surface area contributed by atoms with Crippen LogP contribution in [0, 0.1) is 0 Å². The molecule has 3 fully saturated rings. The molecule has 15 atom stereocenters. The predicted octanol–water partition coefficient (Wildman–Crippen LogP) is -0.0606. The van der Waals surface area contributed by atoms with Gasteiger partial charge in [0.2, 0.25) is 0 Å². The largest absolute Gasteiger partial charge is 0.394 e. The molecule has 0 aromatic heterocycles. The molecule has 1 aliphatic carbocycles. The van der Waals surface area contributed by atoms with Crippen molar-refractivity contribution in [3.63, 3.8) is 0 Å². The van der Waals surface area contributed by atoms with Gasteiger partial charge >= 0.3 is 0 Å². The average molecular weight is 645 g/mol. The zero-order chi connectivity index (χ0) is 33.1. The van der Waals surface area contributed by atoms with Crippen LogP contribution in [-0.4, -0.2) is 142 Å². The molecule has 23 nitrogen and oxygen atoms in total. The highest BCUT2D eigenvalue weighted by molar-refractivity contribution is 5.04. The van der Waals surface area contributed by atoms with Gasteiger partial charge in [-0.15, -0.1) is 0 Å². The highest BCUT2D eigenvalue weighted by Gasteiger charge is 2.53. The van der Waals surface area contributed by atoms with Gasteiger partial charge in [-0.05, 0) is 35.0 Å². The zero-order valence-corrected chi connectivity index (χ0v) is 24.0. The minimum absolute atomic E-state index is 0.210. The van der Waals surface area contributed by atoms with E-state index in [1.807, 2.05) is 6.92 Å². The summed E-state index contributed by atoms with van der Waals surface area (Å²) in [5.41, 5.74) is 36.1. The summed E-state index contributed by atoms with van der Waals surface area (Å²) >= 11 is 0. The number of aliphatic hydroxyl groups excluding tert-OH is 6. The van der Waals surface area contributed by atoms with Crippen LogP contribution in [0.2, 0.25) is 0 Å². The van der Waals surface area contributed by atoms with E-state index in [4.69, 9.17) is 34.7 Å². The Morgan fingerprint density at radius 2 is 1.29 bits per heavy atom. The van der Waals surface area contributed by atoms with Crippen molar-refractivity contribution in [1.29, 1.82) is 0 Å². The summed E-state index contributed by atoms with van der Waals surface area (Å²) < 4.78 is 28.6. The Kier molecular flexibility index (Phi) is 14.1. The minimum Gasteiger partial charge on any atom is -0.394 e. The molecule has 0 bridgehead atoms. The number of nitrogens with zero attached hydrogens (tertiary/aromatic N) is 12. The fourth-order valence-electron chi connectivity index (χ4n) is 5.39. The lowest BCUT2D eigenvalue weighted by molar-refractivity contribution is -0.333. The number of ether oxygens (including phenoxy) is 5. The number of unbranched alkanes of at least 4 members (excludes halogenated alkanes) is 1. The first kappa shape index (κ1) is 36.3. The van der Waals surface area contributed by atoms with E-state index in [9.17, 15) is 41.7 Å². The average Bonchev–Trinajstić information content (AvgIpc) is 3.03. The van der Waals surface area contributed by atoms with E-state index < -0.39 is 105 Å². The molecule has 0 amide bonds. The molecule has 0 aromatic carbocycles. The van der Waals surface area contributed by atoms with E-state index in [0.717, 1.165) is 6.42 Å². The maximum atomic E-state index is 11.4. The van der Waals surface area contributed by atoms with Gasteiger partial charge in [0.25, 0.3) is 0 Å². The molecule has 45 heavy (non-hydrogen) atoms. The van der Waals surface area contributed by atoms with Crippen LogP contribution in [0.3, 0.4) is 0 Å². The first-order valence-corrected chi connectivity index (χ1v) is 14.0. The second-order valence-electron chi connectivity index (χ2n) is 10.5.